The third-order valence-corrected chi connectivity index (χ3v) is 4.35. The van der Waals surface area contributed by atoms with Crippen LogP contribution in [0.15, 0.2) is 36.7 Å². The number of piperazine rings is 1. The van der Waals surface area contributed by atoms with Crippen LogP contribution in [-0.2, 0) is 0 Å². The minimum Gasteiger partial charge on any atom is -0.507 e. The molecule has 0 radical (unpaired) electrons. The van der Waals surface area contributed by atoms with Gasteiger partial charge in [-0.3, -0.25) is 5.10 Å². The van der Waals surface area contributed by atoms with Gasteiger partial charge in [0.1, 0.15) is 17.6 Å². The van der Waals surface area contributed by atoms with Crippen molar-refractivity contribution in [2.75, 3.05) is 36.4 Å². The molecule has 3 heterocycles. The first-order valence-electron chi connectivity index (χ1n) is 8.56. The highest BCUT2D eigenvalue weighted by Crippen LogP contribution is 2.33. The third-order valence-electron chi connectivity index (χ3n) is 4.35. The Balaban J connectivity index is 1.51. The SMILES string of the molecule is N#Cc1cnc(Nc2cc(-c3ccc(N4CCNCC4)cc3O)[nH]n2)cn1. The van der Waals surface area contributed by atoms with Gasteiger partial charge >= 0.3 is 0 Å². The predicted molar refractivity (Wildman–Crippen MR) is 101 cm³/mol. The summed E-state index contributed by atoms with van der Waals surface area (Å²) in [4.78, 5) is 10.3. The maximum absolute atomic E-state index is 10.5. The average Bonchev–Trinajstić information content (AvgIpc) is 3.17. The van der Waals surface area contributed by atoms with Crippen molar-refractivity contribution in [3.05, 3.63) is 42.4 Å². The van der Waals surface area contributed by atoms with Gasteiger partial charge in [-0.1, -0.05) is 0 Å². The fourth-order valence-corrected chi connectivity index (χ4v) is 2.97. The molecule has 0 saturated carbocycles. The van der Waals surface area contributed by atoms with Gasteiger partial charge in [-0.25, -0.2) is 9.97 Å². The fourth-order valence-electron chi connectivity index (χ4n) is 2.97. The summed E-state index contributed by atoms with van der Waals surface area (Å²) in [5.74, 6) is 1.21. The Hall–Kier alpha value is -3.64. The molecular formula is C18H18N8O. The van der Waals surface area contributed by atoms with Gasteiger partial charge in [0.25, 0.3) is 0 Å². The van der Waals surface area contributed by atoms with Crippen molar-refractivity contribution in [3.8, 4) is 23.1 Å². The molecule has 4 N–H and O–H groups in total. The highest BCUT2D eigenvalue weighted by atomic mass is 16.3. The van der Waals surface area contributed by atoms with Crippen LogP contribution in [0.4, 0.5) is 17.3 Å². The molecule has 0 unspecified atom stereocenters. The molecule has 0 spiro atoms. The minimum atomic E-state index is 0.194. The van der Waals surface area contributed by atoms with E-state index >= 15 is 0 Å². The van der Waals surface area contributed by atoms with E-state index in [1.165, 1.54) is 12.4 Å². The number of phenols is 1. The molecule has 1 aliphatic heterocycles. The van der Waals surface area contributed by atoms with Crippen molar-refractivity contribution in [2.45, 2.75) is 0 Å². The molecule has 0 amide bonds. The second kappa shape index (κ2) is 7.31. The number of H-pyrrole nitrogens is 1. The summed E-state index contributed by atoms with van der Waals surface area (Å²) in [6.07, 6.45) is 2.85. The number of nitrogens with zero attached hydrogens (tertiary/aromatic N) is 5. The Morgan fingerprint density at radius 3 is 2.67 bits per heavy atom. The number of nitrogens with one attached hydrogen (secondary N) is 3. The van der Waals surface area contributed by atoms with E-state index in [1.807, 2.05) is 18.2 Å². The summed E-state index contributed by atoms with van der Waals surface area (Å²) < 4.78 is 0. The van der Waals surface area contributed by atoms with E-state index < -0.39 is 0 Å². The third kappa shape index (κ3) is 3.65. The zero-order valence-electron chi connectivity index (χ0n) is 14.5. The maximum atomic E-state index is 10.5. The normalized spacial score (nSPS) is 14.0. The van der Waals surface area contributed by atoms with Gasteiger partial charge in [-0.05, 0) is 12.1 Å². The van der Waals surface area contributed by atoms with Crippen molar-refractivity contribution in [1.82, 2.24) is 25.5 Å². The summed E-state index contributed by atoms with van der Waals surface area (Å²) >= 11 is 0. The summed E-state index contributed by atoms with van der Waals surface area (Å²) in [5.41, 5.74) is 2.60. The van der Waals surface area contributed by atoms with Crippen molar-refractivity contribution < 1.29 is 5.11 Å². The summed E-state index contributed by atoms with van der Waals surface area (Å²) in [6, 6.07) is 9.36. The van der Waals surface area contributed by atoms with Gasteiger partial charge in [0.2, 0.25) is 0 Å². The predicted octanol–water partition coefficient (Wildman–Crippen LogP) is 1.60. The molecular weight excluding hydrogens is 344 g/mol. The molecule has 9 heteroatoms. The van der Waals surface area contributed by atoms with E-state index in [9.17, 15) is 5.11 Å². The van der Waals surface area contributed by atoms with E-state index in [0.29, 0.717) is 22.9 Å². The zero-order valence-corrected chi connectivity index (χ0v) is 14.5. The van der Waals surface area contributed by atoms with Crippen LogP contribution in [0.5, 0.6) is 5.75 Å². The summed E-state index contributed by atoms with van der Waals surface area (Å²) in [5, 5.41) is 32.6. The van der Waals surface area contributed by atoms with Crippen LogP contribution >= 0.6 is 0 Å². The molecule has 136 valence electrons. The van der Waals surface area contributed by atoms with Crippen molar-refractivity contribution in [3.63, 3.8) is 0 Å². The molecule has 0 atom stereocenters. The Labute approximate surface area is 155 Å². The number of aromatic hydroxyl groups is 1. The number of hydrogen-bond donors (Lipinski definition) is 4. The summed E-state index contributed by atoms with van der Waals surface area (Å²) in [7, 11) is 0. The molecule has 0 aliphatic carbocycles. The first-order chi connectivity index (χ1) is 13.2. The molecule has 1 fully saturated rings. The van der Waals surface area contributed by atoms with E-state index in [-0.39, 0.29) is 11.4 Å². The fraction of sp³-hybridized carbons (Fsp3) is 0.222. The smallest absolute Gasteiger partial charge is 0.158 e. The van der Waals surface area contributed by atoms with E-state index in [4.69, 9.17) is 5.26 Å². The lowest BCUT2D eigenvalue weighted by atomic mass is 10.1. The van der Waals surface area contributed by atoms with Crippen LogP contribution in [0, 0.1) is 11.3 Å². The number of phenolic OH excluding ortho intramolecular Hbond substituents is 1. The van der Waals surface area contributed by atoms with E-state index in [0.717, 1.165) is 31.9 Å². The van der Waals surface area contributed by atoms with Gasteiger partial charge in [0.15, 0.2) is 11.5 Å². The number of anilines is 3. The quantitative estimate of drug-likeness (QED) is 0.551. The zero-order chi connectivity index (χ0) is 18.6. The number of hydrogen-bond acceptors (Lipinski definition) is 8. The molecule has 1 aliphatic rings. The molecule has 2 aromatic heterocycles. The Morgan fingerprint density at radius 1 is 1.11 bits per heavy atom. The topological polar surface area (TPSA) is 126 Å². The molecule has 27 heavy (non-hydrogen) atoms. The number of benzene rings is 1. The lowest BCUT2D eigenvalue weighted by Gasteiger charge is -2.29. The van der Waals surface area contributed by atoms with Gasteiger partial charge in [0, 0.05) is 49.6 Å². The number of aromatic nitrogens is 4. The standard InChI is InChI=1S/C18H18N8O/c19-9-12-10-22-18(11-21-12)23-17-8-15(24-25-17)14-2-1-13(7-16(14)27)26-5-3-20-4-6-26/h1-2,7-8,10-11,20,27H,3-6H2,(H2,22,23,24,25). The van der Waals surface area contributed by atoms with Crippen LogP contribution < -0.4 is 15.5 Å². The lowest BCUT2D eigenvalue weighted by Crippen LogP contribution is -2.43. The van der Waals surface area contributed by atoms with Crippen LogP contribution in [-0.4, -0.2) is 51.5 Å². The minimum absolute atomic E-state index is 0.194. The monoisotopic (exact) mass is 362 g/mol. The Morgan fingerprint density at radius 2 is 1.96 bits per heavy atom. The van der Waals surface area contributed by atoms with E-state index in [2.05, 4.69) is 35.7 Å². The number of rotatable bonds is 4. The van der Waals surface area contributed by atoms with Crippen molar-refractivity contribution >= 4 is 17.3 Å². The molecule has 1 aromatic carbocycles. The van der Waals surface area contributed by atoms with Crippen LogP contribution in [0.1, 0.15) is 5.69 Å². The highest BCUT2D eigenvalue weighted by Gasteiger charge is 2.14. The molecule has 9 nitrogen and oxygen atoms in total. The van der Waals surface area contributed by atoms with Crippen LogP contribution in [0.3, 0.4) is 0 Å². The molecule has 1 saturated heterocycles. The van der Waals surface area contributed by atoms with Gasteiger partial charge in [-0.15, -0.1) is 0 Å². The van der Waals surface area contributed by atoms with Gasteiger partial charge in [-0.2, -0.15) is 10.4 Å². The first kappa shape index (κ1) is 16.8. The number of nitriles is 1. The Bertz CT molecular complexity index is 970. The van der Waals surface area contributed by atoms with Gasteiger partial charge < -0.3 is 20.6 Å². The number of aromatic amines is 1. The molecule has 3 aromatic rings. The van der Waals surface area contributed by atoms with Crippen molar-refractivity contribution in [2.24, 2.45) is 0 Å². The second-order valence-electron chi connectivity index (χ2n) is 6.13. The van der Waals surface area contributed by atoms with Crippen molar-refractivity contribution in [1.29, 1.82) is 5.26 Å². The lowest BCUT2D eigenvalue weighted by molar-refractivity contribution is 0.476. The second-order valence-corrected chi connectivity index (χ2v) is 6.13. The average molecular weight is 362 g/mol. The van der Waals surface area contributed by atoms with E-state index in [1.54, 1.807) is 12.1 Å². The first-order valence-corrected chi connectivity index (χ1v) is 8.56. The van der Waals surface area contributed by atoms with Gasteiger partial charge in [0.05, 0.1) is 18.1 Å². The van der Waals surface area contributed by atoms with Crippen LogP contribution in [0.25, 0.3) is 11.3 Å². The summed E-state index contributed by atoms with van der Waals surface area (Å²) in [6.45, 7) is 3.72. The van der Waals surface area contributed by atoms with Crippen LogP contribution in [0.2, 0.25) is 0 Å². The maximum Gasteiger partial charge on any atom is 0.158 e. The highest BCUT2D eigenvalue weighted by molar-refractivity contribution is 5.73. The molecule has 0 bridgehead atoms. The largest absolute Gasteiger partial charge is 0.507 e. The Kier molecular flexibility index (Phi) is 4.55. The molecule has 4 rings (SSSR count).